The number of carbonyl (C=O) groups is 2. The molecule has 0 saturated carbocycles. The molecule has 0 bridgehead atoms. The van der Waals surface area contributed by atoms with Crippen molar-refractivity contribution in [3.63, 3.8) is 0 Å². The Morgan fingerprint density at radius 1 is 1.22 bits per heavy atom. The van der Waals surface area contributed by atoms with E-state index in [0.29, 0.717) is 0 Å². The third-order valence-electron chi connectivity index (χ3n) is 1.67. The number of hydrogen-bond acceptors (Lipinski definition) is 9. The molecule has 9 N–H and O–H groups in total. The second-order valence-electron chi connectivity index (χ2n) is 3.13. The fraction of sp³-hybridized carbons (Fsp3) is 0.750. The second-order valence-corrected chi connectivity index (χ2v) is 3.13. The van der Waals surface area contributed by atoms with Crippen LogP contribution in [-0.4, -0.2) is 80.5 Å². The van der Waals surface area contributed by atoms with Gasteiger partial charge in [0.25, 0.3) is 0 Å². The SMILES string of the molecule is NNCC(=O)O.O=C[C@H](O)[C@@H](O)[C@H](O)[C@H](O)CO. The second kappa shape index (κ2) is 11.0. The van der Waals surface area contributed by atoms with E-state index in [1.165, 1.54) is 0 Å². The summed E-state index contributed by atoms with van der Waals surface area (Å²) in [4.78, 5) is 19.4. The van der Waals surface area contributed by atoms with Crippen LogP contribution < -0.4 is 11.3 Å². The molecule has 0 aliphatic heterocycles. The first-order valence-electron chi connectivity index (χ1n) is 4.75. The van der Waals surface area contributed by atoms with E-state index in [2.05, 4.69) is 5.84 Å². The fourth-order valence-electron chi connectivity index (χ4n) is 0.705. The lowest BCUT2D eigenvalue weighted by Crippen LogP contribution is -2.46. The number of aliphatic hydroxyl groups is 5. The Labute approximate surface area is 102 Å². The highest BCUT2D eigenvalue weighted by atomic mass is 16.4. The zero-order valence-corrected chi connectivity index (χ0v) is 9.38. The fourth-order valence-corrected chi connectivity index (χ4v) is 0.705. The third kappa shape index (κ3) is 8.95. The molecule has 4 atom stereocenters. The molecule has 18 heavy (non-hydrogen) atoms. The van der Waals surface area contributed by atoms with E-state index < -0.39 is 37.0 Å². The van der Waals surface area contributed by atoms with E-state index in [-0.39, 0.29) is 12.8 Å². The number of rotatable bonds is 7. The van der Waals surface area contributed by atoms with Gasteiger partial charge in [-0.15, -0.1) is 0 Å². The van der Waals surface area contributed by atoms with Gasteiger partial charge in [-0.25, -0.2) is 5.43 Å². The molecule has 0 aromatic heterocycles. The van der Waals surface area contributed by atoms with E-state index in [1.807, 2.05) is 5.43 Å². The van der Waals surface area contributed by atoms with Crippen molar-refractivity contribution < 1.29 is 40.2 Å². The highest BCUT2D eigenvalue weighted by molar-refractivity contribution is 5.68. The van der Waals surface area contributed by atoms with Crippen LogP contribution in [0.25, 0.3) is 0 Å². The highest BCUT2D eigenvalue weighted by Crippen LogP contribution is 2.02. The van der Waals surface area contributed by atoms with Crippen LogP contribution in [0.3, 0.4) is 0 Å². The number of aldehydes is 1. The van der Waals surface area contributed by atoms with Crippen molar-refractivity contribution >= 4 is 12.3 Å². The van der Waals surface area contributed by atoms with Gasteiger partial charge < -0.3 is 35.4 Å². The number of carboxylic acids is 1. The van der Waals surface area contributed by atoms with Gasteiger partial charge in [-0.05, 0) is 0 Å². The normalized spacial score (nSPS) is 16.8. The Bertz CT molecular complexity index is 239. The number of aliphatic hydroxyl groups excluding tert-OH is 5. The average Bonchev–Trinajstić information content (AvgIpc) is 2.35. The summed E-state index contributed by atoms with van der Waals surface area (Å²) in [5.74, 6) is 3.65. The largest absolute Gasteiger partial charge is 0.480 e. The molecular formula is C8H18N2O8. The summed E-state index contributed by atoms with van der Waals surface area (Å²) in [7, 11) is 0. The van der Waals surface area contributed by atoms with Crippen LogP contribution in [0.1, 0.15) is 0 Å². The van der Waals surface area contributed by atoms with E-state index in [4.69, 9.17) is 30.6 Å². The molecule has 0 rings (SSSR count). The summed E-state index contributed by atoms with van der Waals surface area (Å²) in [6.07, 6.45) is -6.84. The number of aliphatic carboxylic acids is 1. The van der Waals surface area contributed by atoms with Gasteiger partial charge in [0, 0.05) is 0 Å². The van der Waals surface area contributed by atoms with Crippen molar-refractivity contribution in [2.24, 2.45) is 5.84 Å². The summed E-state index contributed by atoms with van der Waals surface area (Å²) in [6.45, 7) is -0.941. The van der Waals surface area contributed by atoms with Gasteiger partial charge >= 0.3 is 5.97 Å². The zero-order valence-electron chi connectivity index (χ0n) is 9.38. The van der Waals surface area contributed by atoms with Gasteiger partial charge in [-0.2, -0.15) is 0 Å². The molecule has 0 radical (unpaired) electrons. The van der Waals surface area contributed by atoms with Crippen LogP contribution in [0.15, 0.2) is 0 Å². The minimum atomic E-state index is -1.79. The summed E-state index contributed by atoms with van der Waals surface area (Å²) < 4.78 is 0. The molecule has 0 aromatic rings. The maximum absolute atomic E-state index is 9.90. The Morgan fingerprint density at radius 3 is 1.94 bits per heavy atom. The first-order valence-corrected chi connectivity index (χ1v) is 4.75. The molecule has 0 aliphatic carbocycles. The van der Waals surface area contributed by atoms with Crippen LogP contribution >= 0.6 is 0 Å². The molecule has 108 valence electrons. The molecule has 10 heteroatoms. The number of nitrogens with one attached hydrogen (secondary N) is 1. The number of nitrogens with two attached hydrogens (primary N) is 1. The number of hydrazine groups is 1. The molecule has 10 nitrogen and oxygen atoms in total. The smallest absolute Gasteiger partial charge is 0.318 e. The average molecular weight is 270 g/mol. The lowest BCUT2D eigenvalue weighted by molar-refractivity contribution is -0.136. The van der Waals surface area contributed by atoms with E-state index in [0.717, 1.165) is 0 Å². The van der Waals surface area contributed by atoms with Crippen molar-refractivity contribution in [1.29, 1.82) is 0 Å². The van der Waals surface area contributed by atoms with Gasteiger partial charge in [0.2, 0.25) is 0 Å². The molecule has 0 fully saturated rings. The summed E-state index contributed by atoms with van der Waals surface area (Å²) in [5, 5.41) is 51.3. The van der Waals surface area contributed by atoms with Crippen molar-refractivity contribution in [2.45, 2.75) is 24.4 Å². The topological polar surface area (TPSA) is 194 Å². The minimum Gasteiger partial charge on any atom is -0.480 e. The lowest BCUT2D eigenvalue weighted by Gasteiger charge is -2.22. The monoisotopic (exact) mass is 270 g/mol. The standard InChI is InChI=1S/C6H12O6.C2H6N2O2/c7-1-3(9)5(11)6(12)4(10)2-8;3-4-1-2(5)6/h1,3-6,8-12H,2H2;4H,1,3H2,(H,5,6)/t3-,4+,5+,6+;/m0./s1. The summed E-state index contributed by atoms with van der Waals surface area (Å²) in [5.41, 5.74) is 1.97. The number of carboxylic acid groups (broad SMARTS) is 1. The van der Waals surface area contributed by atoms with Crippen LogP contribution in [0.5, 0.6) is 0 Å². The van der Waals surface area contributed by atoms with Gasteiger partial charge in [0.1, 0.15) is 31.0 Å². The van der Waals surface area contributed by atoms with Crippen molar-refractivity contribution in [3.8, 4) is 0 Å². The maximum atomic E-state index is 9.90. The Hall–Kier alpha value is -1.14. The molecule has 0 heterocycles. The zero-order chi connectivity index (χ0) is 14.7. The Balaban J connectivity index is 0. The van der Waals surface area contributed by atoms with Crippen molar-refractivity contribution in [1.82, 2.24) is 5.43 Å². The third-order valence-corrected chi connectivity index (χ3v) is 1.67. The number of hydrogen-bond donors (Lipinski definition) is 8. The Kier molecular flexibility index (Phi) is 11.7. The van der Waals surface area contributed by atoms with Gasteiger partial charge in [-0.3, -0.25) is 10.6 Å². The highest BCUT2D eigenvalue weighted by Gasteiger charge is 2.29. The van der Waals surface area contributed by atoms with Crippen molar-refractivity contribution in [3.05, 3.63) is 0 Å². The molecule has 0 unspecified atom stereocenters. The first kappa shape index (κ1) is 19.2. The van der Waals surface area contributed by atoms with Crippen molar-refractivity contribution in [2.75, 3.05) is 13.2 Å². The minimum absolute atomic E-state index is 0.0258. The predicted octanol–water partition coefficient (Wildman–Crippen LogP) is -4.84. The predicted molar refractivity (Wildman–Crippen MR) is 57.0 cm³/mol. The number of carbonyl (C=O) groups excluding carboxylic acids is 1. The lowest BCUT2D eigenvalue weighted by atomic mass is 10.0. The van der Waals surface area contributed by atoms with Crippen LogP contribution in [0.2, 0.25) is 0 Å². The first-order chi connectivity index (χ1) is 8.31. The molecule has 0 saturated heterocycles. The van der Waals surface area contributed by atoms with E-state index >= 15 is 0 Å². The van der Waals surface area contributed by atoms with E-state index in [9.17, 15) is 9.59 Å². The molecule has 0 aromatic carbocycles. The molecule has 0 aliphatic rings. The molecular weight excluding hydrogens is 252 g/mol. The molecule has 0 spiro atoms. The van der Waals surface area contributed by atoms with Gasteiger partial charge in [0.05, 0.1) is 6.61 Å². The summed E-state index contributed by atoms with van der Waals surface area (Å²) in [6, 6.07) is 0. The molecule has 0 amide bonds. The Morgan fingerprint density at radius 2 is 1.72 bits per heavy atom. The van der Waals surface area contributed by atoms with Gasteiger partial charge in [-0.1, -0.05) is 0 Å². The maximum Gasteiger partial charge on any atom is 0.318 e. The van der Waals surface area contributed by atoms with Crippen LogP contribution in [0, 0.1) is 0 Å². The van der Waals surface area contributed by atoms with E-state index in [1.54, 1.807) is 0 Å². The van der Waals surface area contributed by atoms with Gasteiger partial charge in [0.15, 0.2) is 6.29 Å². The van der Waals surface area contributed by atoms with Crippen LogP contribution in [-0.2, 0) is 9.59 Å². The summed E-state index contributed by atoms with van der Waals surface area (Å²) >= 11 is 0. The van der Waals surface area contributed by atoms with Crippen LogP contribution in [0.4, 0.5) is 0 Å². The quantitative estimate of drug-likeness (QED) is 0.126.